The minimum absolute atomic E-state index is 0.485. The summed E-state index contributed by atoms with van der Waals surface area (Å²) in [6, 6.07) is 3.70. The van der Waals surface area contributed by atoms with Gasteiger partial charge in [-0.3, -0.25) is 0 Å². The van der Waals surface area contributed by atoms with Crippen LogP contribution < -0.4 is 10.5 Å². The van der Waals surface area contributed by atoms with Gasteiger partial charge in [-0.05, 0) is 5.56 Å². The Kier molecular flexibility index (Phi) is 6.48. The summed E-state index contributed by atoms with van der Waals surface area (Å²) < 4.78 is 15.5. The first-order valence-corrected chi connectivity index (χ1v) is 5.21. The molecule has 1 rings (SSSR count). The highest BCUT2D eigenvalue weighted by Crippen LogP contribution is 2.06. The highest BCUT2D eigenvalue weighted by atomic mass is 16.5. The topological polar surface area (TPSA) is 66.6 Å². The number of hydrogen-bond donors (Lipinski definition) is 1. The Labute approximate surface area is 95.5 Å². The lowest BCUT2D eigenvalue weighted by Crippen LogP contribution is -2.10. The number of nitrogens with zero attached hydrogens (tertiary/aromatic N) is 1. The van der Waals surface area contributed by atoms with Gasteiger partial charge in [-0.2, -0.15) is 0 Å². The number of methoxy groups -OCH3 is 1. The van der Waals surface area contributed by atoms with Crippen LogP contribution in [-0.4, -0.2) is 38.5 Å². The summed E-state index contributed by atoms with van der Waals surface area (Å²) in [6.07, 6.45) is 1.71. The van der Waals surface area contributed by atoms with E-state index in [1.165, 1.54) is 0 Å². The van der Waals surface area contributed by atoms with Crippen molar-refractivity contribution in [1.82, 2.24) is 4.98 Å². The molecule has 0 amide bonds. The molecular formula is C11H18N2O3. The van der Waals surface area contributed by atoms with Crippen molar-refractivity contribution in [2.45, 2.75) is 6.54 Å². The zero-order valence-corrected chi connectivity index (χ0v) is 9.52. The molecule has 0 spiro atoms. The predicted molar refractivity (Wildman–Crippen MR) is 60.3 cm³/mol. The van der Waals surface area contributed by atoms with Crippen LogP contribution in [0.4, 0.5) is 0 Å². The number of hydrogen-bond acceptors (Lipinski definition) is 5. The summed E-state index contributed by atoms with van der Waals surface area (Å²) in [5, 5.41) is 0. The average molecular weight is 226 g/mol. The zero-order chi connectivity index (χ0) is 11.6. The smallest absolute Gasteiger partial charge is 0.213 e. The summed E-state index contributed by atoms with van der Waals surface area (Å²) in [6.45, 7) is 2.69. The monoisotopic (exact) mass is 226 g/mol. The Morgan fingerprint density at radius 1 is 1.19 bits per heavy atom. The van der Waals surface area contributed by atoms with Crippen molar-refractivity contribution in [3.63, 3.8) is 0 Å². The van der Waals surface area contributed by atoms with Crippen LogP contribution >= 0.6 is 0 Å². The van der Waals surface area contributed by atoms with Crippen molar-refractivity contribution in [3.05, 3.63) is 23.9 Å². The molecule has 0 aliphatic heterocycles. The van der Waals surface area contributed by atoms with E-state index in [2.05, 4.69) is 4.98 Å². The van der Waals surface area contributed by atoms with Crippen LogP contribution in [0.15, 0.2) is 18.3 Å². The molecule has 2 N–H and O–H groups in total. The van der Waals surface area contributed by atoms with E-state index in [0.29, 0.717) is 38.9 Å². The maximum Gasteiger partial charge on any atom is 0.213 e. The highest BCUT2D eigenvalue weighted by Gasteiger charge is 1.95. The molecule has 0 bridgehead atoms. The van der Waals surface area contributed by atoms with Crippen molar-refractivity contribution in [3.8, 4) is 5.88 Å². The Balaban J connectivity index is 2.12. The second kappa shape index (κ2) is 8.04. The minimum atomic E-state index is 0.485. The molecule has 16 heavy (non-hydrogen) atoms. The molecule has 1 aromatic rings. The largest absolute Gasteiger partial charge is 0.475 e. The lowest BCUT2D eigenvalue weighted by molar-refractivity contribution is 0.0537. The van der Waals surface area contributed by atoms with E-state index in [0.717, 1.165) is 5.56 Å². The van der Waals surface area contributed by atoms with Gasteiger partial charge in [0, 0.05) is 25.9 Å². The molecule has 0 aromatic carbocycles. The van der Waals surface area contributed by atoms with Gasteiger partial charge >= 0.3 is 0 Å². The van der Waals surface area contributed by atoms with Crippen molar-refractivity contribution in [1.29, 1.82) is 0 Å². The number of pyridine rings is 1. The van der Waals surface area contributed by atoms with Crippen LogP contribution in [0.25, 0.3) is 0 Å². The van der Waals surface area contributed by atoms with Gasteiger partial charge < -0.3 is 19.9 Å². The third-order valence-electron chi connectivity index (χ3n) is 1.94. The van der Waals surface area contributed by atoms with Gasteiger partial charge in [0.15, 0.2) is 0 Å². The fourth-order valence-electron chi connectivity index (χ4n) is 1.07. The number of rotatable bonds is 8. The molecule has 90 valence electrons. The molecule has 0 saturated carbocycles. The first-order valence-electron chi connectivity index (χ1n) is 5.21. The number of aromatic nitrogens is 1. The van der Waals surface area contributed by atoms with Crippen molar-refractivity contribution in [2.24, 2.45) is 5.73 Å². The maximum atomic E-state index is 5.46. The van der Waals surface area contributed by atoms with E-state index in [-0.39, 0.29) is 0 Å². The van der Waals surface area contributed by atoms with Gasteiger partial charge in [0.2, 0.25) is 5.88 Å². The Morgan fingerprint density at radius 3 is 2.62 bits per heavy atom. The molecule has 5 heteroatoms. The lowest BCUT2D eigenvalue weighted by Gasteiger charge is -2.06. The predicted octanol–water partition coefficient (Wildman–Crippen LogP) is 0.582. The number of ether oxygens (including phenoxy) is 3. The Bertz CT molecular complexity index is 277. The fourth-order valence-corrected chi connectivity index (χ4v) is 1.07. The van der Waals surface area contributed by atoms with Crippen molar-refractivity contribution >= 4 is 0 Å². The van der Waals surface area contributed by atoms with Crippen molar-refractivity contribution in [2.75, 3.05) is 33.5 Å². The third kappa shape index (κ3) is 5.06. The average Bonchev–Trinajstić information content (AvgIpc) is 2.34. The van der Waals surface area contributed by atoms with E-state index in [4.69, 9.17) is 19.9 Å². The summed E-state index contributed by atoms with van der Waals surface area (Å²) in [5.74, 6) is 0.590. The second-order valence-corrected chi connectivity index (χ2v) is 3.16. The zero-order valence-electron chi connectivity index (χ0n) is 9.52. The van der Waals surface area contributed by atoms with E-state index in [1.54, 1.807) is 19.4 Å². The SMILES string of the molecule is COCCOCCOc1ccc(CN)cn1. The first-order chi connectivity index (χ1) is 7.86. The molecule has 5 nitrogen and oxygen atoms in total. The van der Waals surface area contributed by atoms with Gasteiger partial charge in [-0.25, -0.2) is 4.98 Å². The fraction of sp³-hybridized carbons (Fsp3) is 0.545. The van der Waals surface area contributed by atoms with Crippen LogP contribution in [0.3, 0.4) is 0 Å². The summed E-state index contributed by atoms with van der Waals surface area (Å²) in [4.78, 5) is 4.10. The van der Waals surface area contributed by atoms with Crippen LogP contribution in [0.2, 0.25) is 0 Å². The molecule has 0 unspecified atom stereocenters. The highest BCUT2D eigenvalue weighted by molar-refractivity contribution is 5.17. The molecule has 0 saturated heterocycles. The molecule has 0 aliphatic rings. The van der Waals surface area contributed by atoms with Crippen LogP contribution in [-0.2, 0) is 16.0 Å². The van der Waals surface area contributed by atoms with Gasteiger partial charge in [-0.15, -0.1) is 0 Å². The Morgan fingerprint density at radius 2 is 2.00 bits per heavy atom. The van der Waals surface area contributed by atoms with Crippen LogP contribution in [0.5, 0.6) is 5.88 Å². The normalized spacial score (nSPS) is 10.4. The first kappa shape index (κ1) is 12.9. The molecule has 0 fully saturated rings. The van der Waals surface area contributed by atoms with Crippen LogP contribution in [0, 0.1) is 0 Å². The van der Waals surface area contributed by atoms with Crippen molar-refractivity contribution < 1.29 is 14.2 Å². The third-order valence-corrected chi connectivity index (χ3v) is 1.94. The molecule has 0 aliphatic carbocycles. The van der Waals surface area contributed by atoms with E-state index in [1.807, 2.05) is 6.07 Å². The lowest BCUT2D eigenvalue weighted by atomic mass is 10.3. The molecule has 0 atom stereocenters. The second-order valence-electron chi connectivity index (χ2n) is 3.16. The minimum Gasteiger partial charge on any atom is -0.475 e. The molecule has 0 radical (unpaired) electrons. The quantitative estimate of drug-likeness (QED) is 0.657. The van der Waals surface area contributed by atoms with E-state index >= 15 is 0 Å². The standard InChI is InChI=1S/C11H18N2O3/c1-14-4-5-15-6-7-16-11-3-2-10(8-12)9-13-11/h2-3,9H,4-8,12H2,1H3. The van der Waals surface area contributed by atoms with Gasteiger partial charge in [-0.1, -0.05) is 6.07 Å². The van der Waals surface area contributed by atoms with E-state index in [9.17, 15) is 0 Å². The maximum absolute atomic E-state index is 5.46. The molecule has 1 heterocycles. The summed E-state index contributed by atoms with van der Waals surface area (Å²) >= 11 is 0. The van der Waals surface area contributed by atoms with Gasteiger partial charge in [0.05, 0.1) is 19.8 Å². The van der Waals surface area contributed by atoms with Gasteiger partial charge in [0.25, 0.3) is 0 Å². The Hall–Kier alpha value is -1.17. The number of nitrogens with two attached hydrogens (primary N) is 1. The van der Waals surface area contributed by atoms with Gasteiger partial charge in [0.1, 0.15) is 6.61 Å². The van der Waals surface area contributed by atoms with Crippen LogP contribution in [0.1, 0.15) is 5.56 Å². The molecule has 1 aromatic heterocycles. The summed E-state index contributed by atoms with van der Waals surface area (Å²) in [7, 11) is 1.64. The van der Waals surface area contributed by atoms with E-state index < -0.39 is 0 Å². The summed E-state index contributed by atoms with van der Waals surface area (Å²) in [5.41, 5.74) is 6.44. The molecular weight excluding hydrogens is 208 g/mol.